The van der Waals surface area contributed by atoms with E-state index in [2.05, 4.69) is 22.5 Å². The van der Waals surface area contributed by atoms with Gasteiger partial charge in [-0.15, -0.1) is 0 Å². The molecular weight excluding hydrogens is 240 g/mol. The van der Waals surface area contributed by atoms with Crippen LogP contribution in [0.2, 0.25) is 0 Å². The first-order valence-corrected chi connectivity index (χ1v) is 6.83. The third kappa shape index (κ3) is 3.86. The second-order valence-electron chi connectivity index (χ2n) is 4.88. The zero-order valence-corrected chi connectivity index (χ0v) is 11.4. The van der Waals surface area contributed by atoms with Crippen molar-refractivity contribution in [2.24, 2.45) is 0 Å². The molecule has 1 fully saturated rings. The summed E-state index contributed by atoms with van der Waals surface area (Å²) in [6.07, 6.45) is 2.38. The highest BCUT2D eigenvalue weighted by Crippen LogP contribution is 2.15. The molecule has 2 amide bonds. The van der Waals surface area contributed by atoms with Crippen molar-refractivity contribution in [2.45, 2.75) is 25.8 Å². The van der Waals surface area contributed by atoms with Crippen LogP contribution >= 0.6 is 0 Å². The zero-order chi connectivity index (χ0) is 13.7. The zero-order valence-electron chi connectivity index (χ0n) is 11.4. The van der Waals surface area contributed by atoms with Crippen LogP contribution in [0.5, 0.6) is 0 Å². The van der Waals surface area contributed by atoms with Crippen LogP contribution in [0.3, 0.4) is 0 Å². The van der Waals surface area contributed by atoms with Gasteiger partial charge in [0, 0.05) is 24.0 Å². The van der Waals surface area contributed by atoms with E-state index in [1.807, 2.05) is 0 Å². The lowest BCUT2D eigenvalue weighted by atomic mass is 10.2. The van der Waals surface area contributed by atoms with Gasteiger partial charge in [0.05, 0.1) is 0 Å². The number of carbonyl (C=O) groups is 1. The van der Waals surface area contributed by atoms with E-state index in [1.165, 1.54) is 6.42 Å². The van der Waals surface area contributed by atoms with Gasteiger partial charge < -0.3 is 16.4 Å². The van der Waals surface area contributed by atoms with Gasteiger partial charge in [-0.05, 0) is 50.2 Å². The average molecular weight is 262 g/mol. The van der Waals surface area contributed by atoms with Crippen molar-refractivity contribution in [3.05, 3.63) is 24.3 Å². The first-order chi connectivity index (χ1) is 9.19. The van der Waals surface area contributed by atoms with E-state index >= 15 is 0 Å². The lowest BCUT2D eigenvalue weighted by Crippen LogP contribution is -2.41. The second-order valence-corrected chi connectivity index (χ2v) is 4.88. The second kappa shape index (κ2) is 6.43. The maximum atomic E-state index is 11.8. The summed E-state index contributed by atoms with van der Waals surface area (Å²) in [5.74, 6) is 0. The van der Waals surface area contributed by atoms with Gasteiger partial charge in [-0.1, -0.05) is 6.92 Å². The predicted octanol–water partition coefficient (Wildman–Crippen LogP) is 1.87. The van der Waals surface area contributed by atoms with Crippen molar-refractivity contribution in [1.82, 2.24) is 10.2 Å². The molecule has 1 aliphatic heterocycles. The molecule has 1 saturated heterocycles. The van der Waals surface area contributed by atoms with Crippen molar-refractivity contribution < 1.29 is 4.79 Å². The number of nitrogens with two attached hydrogens (primary N) is 1. The molecule has 19 heavy (non-hydrogen) atoms. The van der Waals surface area contributed by atoms with Gasteiger partial charge >= 0.3 is 6.03 Å². The normalized spacial score (nSPS) is 19.3. The van der Waals surface area contributed by atoms with Crippen LogP contribution in [-0.2, 0) is 0 Å². The topological polar surface area (TPSA) is 70.4 Å². The summed E-state index contributed by atoms with van der Waals surface area (Å²) in [7, 11) is 0. The standard InChI is InChI=1S/C14H22N4O/c1-2-18-9-3-4-13(18)10-16-14(19)17-12-7-5-11(15)6-8-12/h5-8,13H,2-4,9-10,15H2,1H3,(H2,16,17,19). The van der Waals surface area contributed by atoms with Crippen molar-refractivity contribution in [2.75, 3.05) is 30.7 Å². The number of nitrogens with one attached hydrogen (secondary N) is 2. The quantitative estimate of drug-likeness (QED) is 0.726. The van der Waals surface area contributed by atoms with E-state index in [0.717, 1.165) is 25.2 Å². The molecule has 1 unspecified atom stereocenters. The molecule has 0 aromatic heterocycles. The summed E-state index contributed by atoms with van der Waals surface area (Å²) in [5, 5.41) is 5.73. The molecule has 4 N–H and O–H groups in total. The highest BCUT2D eigenvalue weighted by Gasteiger charge is 2.22. The molecule has 5 heteroatoms. The number of benzene rings is 1. The molecular formula is C14H22N4O. The van der Waals surface area contributed by atoms with Crippen LogP contribution in [-0.4, -0.2) is 36.6 Å². The van der Waals surface area contributed by atoms with Crippen molar-refractivity contribution in [1.29, 1.82) is 0 Å². The van der Waals surface area contributed by atoms with E-state index in [-0.39, 0.29) is 6.03 Å². The fraction of sp³-hybridized carbons (Fsp3) is 0.500. The summed E-state index contributed by atoms with van der Waals surface area (Å²) >= 11 is 0. The smallest absolute Gasteiger partial charge is 0.319 e. The molecule has 1 aromatic rings. The largest absolute Gasteiger partial charge is 0.399 e. The van der Waals surface area contributed by atoms with Gasteiger partial charge in [-0.2, -0.15) is 0 Å². The first-order valence-electron chi connectivity index (χ1n) is 6.83. The Kier molecular flexibility index (Phi) is 4.63. The Morgan fingerprint density at radius 3 is 2.84 bits per heavy atom. The van der Waals surface area contributed by atoms with Crippen LogP contribution in [0, 0.1) is 0 Å². The lowest BCUT2D eigenvalue weighted by molar-refractivity contribution is 0.238. The Balaban J connectivity index is 1.77. The van der Waals surface area contributed by atoms with Crippen molar-refractivity contribution >= 4 is 17.4 Å². The first kappa shape index (κ1) is 13.7. The molecule has 104 valence electrons. The number of hydrogen-bond donors (Lipinski definition) is 3. The number of likely N-dealkylation sites (N-methyl/N-ethyl adjacent to an activating group) is 1. The highest BCUT2D eigenvalue weighted by molar-refractivity contribution is 5.89. The van der Waals surface area contributed by atoms with Crippen molar-refractivity contribution in [3.8, 4) is 0 Å². The monoisotopic (exact) mass is 262 g/mol. The maximum Gasteiger partial charge on any atom is 0.319 e. The molecule has 1 aromatic carbocycles. The average Bonchev–Trinajstić information content (AvgIpc) is 2.86. The van der Waals surface area contributed by atoms with E-state index < -0.39 is 0 Å². The van der Waals surface area contributed by atoms with Crippen molar-refractivity contribution in [3.63, 3.8) is 0 Å². The molecule has 0 aliphatic carbocycles. The number of carbonyl (C=O) groups excluding carboxylic acids is 1. The van der Waals surface area contributed by atoms with Gasteiger partial charge in [0.15, 0.2) is 0 Å². The molecule has 1 aliphatic rings. The fourth-order valence-electron chi connectivity index (χ4n) is 2.49. The summed E-state index contributed by atoms with van der Waals surface area (Å²) in [6, 6.07) is 7.44. The number of nitrogen functional groups attached to an aromatic ring is 1. The molecule has 0 radical (unpaired) electrons. The van der Waals surface area contributed by atoms with Gasteiger partial charge in [0.2, 0.25) is 0 Å². The van der Waals surface area contributed by atoms with Gasteiger partial charge in [-0.25, -0.2) is 4.79 Å². The van der Waals surface area contributed by atoms with Gasteiger partial charge in [-0.3, -0.25) is 4.90 Å². The molecule has 0 spiro atoms. The summed E-state index contributed by atoms with van der Waals surface area (Å²) < 4.78 is 0. The Morgan fingerprint density at radius 2 is 2.16 bits per heavy atom. The van der Waals surface area contributed by atoms with Gasteiger partial charge in [0.1, 0.15) is 0 Å². The molecule has 2 rings (SSSR count). The third-order valence-corrected chi connectivity index (χ3v) is 3.57. The number of rotatable bonds is 4. The summed E-state index contributed by atoms with van der Waals surface area (Å²) in [6.45, 7) is 5.05. The van der Waals surface area contributed by atoms with Crippen LogP contribution in [0.25, 0.3) is 0 Å². The predicted molar refractivity (Wildman–Crippen MR) is 78.1 cm³/mol. The third-order valence-electron chi connectivity index (χ3n) is 3.57. The number of urea groups is 1. The van der Waals surface area contributed by atoms with E-state index in [1.54, 1.807) is 24.3 Å². The van der Waals surface area contributed by atoms with Crippen LogP contribution < -0.4 is 16.4 Å². The number of likely N-dealkylation sites (tertiary alicyclic amines) is 1. The van der Waals surface area contributed by atoms with Crippen LogP contribution in [0.15, 0.2) is 24.3 Å². The summed E-state index contributed by atoms with van der Waals surface area (Å²) in [5.41, 5.74) is 7.04. The molecule has 1 heterocycles. The Hall–Kier alpha value is -1.75. The van der Waals surface area contributed by atoms with Crippen LogP contribution in [0.4, 0.5) is 16.2 Å². The number of amides is 2. The minimum Gasteiger partial charge on any atom is -0.399 e. The van der Waals surface area contributed by atoms with E-state index in [4.69, 9.17) is 5.73 Å². The van der Waals surface area contributed by atoms with Crippen LogP contribution in [0.1, 0.15) is 19.8 Å². The SMILES string of the molecule is CCN1CCCC1CNC(=O)Nc1ccc(N)cc1. The van der Waals surface area contributed by atoms with E-state index in [9.17, 15) is 4.79 Å². The Labute approximate surface area is 114 Å². The molecule has 0 saturated carbocycles. The molecule has 1 atom stereocenters. The number of anilines is 2. The van der Waals surface area contributed by atoms with E-state index in [0.29, 0.717) is 18.3 Å². The number of nitrogens with zero attached hydrogens (tertiary/aromatic N) is 1. The Bertz CT molecular complexity index is 418. The maximum absolute atomic E-state index is 11.8. The van der Waals surface area contributed by atoms with Gasteiger partial charge in [0.25, 0.3) is 0 Å². The Morgan fingerprint density at radius 1 is 1.42 bits per heavy atom. The molecule has 0 bridgehead atoms. The minimum absolute atomic E-state index is 0.160. The minimum atomic E-state index is -0.160. The lowest BCUT2D eigenvalue weighted by Gasteiger charge is -2.22. The molecule has 5 nitrogen and oxygen atoms in total. The highest BCUT2D eigenvalue weighted by atomic mass is 16.2. The fourth-order valence-corrected chi connectivity index (χ4v) is 2.49. The summed E-state index contributed by atoms with van der Waals surface area (Å²) in [4.78, 5) is 14.2. The number of hydrogen-bond acceptors (Lipinski definition) is 3.